The number of hydrogen-bond acceptors (Lipinski definition) is 2. The fraction of sp³-hybridized carbons (Fsp3) is 0.800. The second-order valence-corrected chi connectivity index (χ2v) is 1.78. The minimum atomic E-state index is 0.0509. The molecule has 0 fully saturated rings. The van der Waals surface area contributed by atoms with Gasteiger partial charge < -0.3 is 0 Å². The summed E-state index contributed by atoms with van der Waals surface area (Å²) in [6.07, 6.45) is 0.540. The molecule has 0 aliphatic heterocycles. The number of amides is 1. The van der Waals surface area contributed by atoms with E-state index in [0.717, 1.165) is 0 Å². The maximum absolute atomic E-state index is 10.5. The van der Waals surface area contributed by atoms with Crippen LogP contribution in [0.15, 0.2) is 0 Å². The molecule has 0 bridgehead atoms. The van der Waals surface area contributed by atoms with Crippen molar-refractivity contribution in [1.29, 1.82) is 0 Å². The predicted molar refractivity (Wildman–Crippen MR) is 32.1 cm³/mol. The van der Waals surface area contributed by atoms with E-state index in [1.165, 1.54) is 0 Å². The van der Waals surface area contributed by atoms with Crippen LogP contribution in [0.3, 0.4) is 0 Å². The van der Waals surface area contributed by atoms with E-state index in [2.05, 4.69) is 5.43 Å². The molecule has 0 radical (unpaired) electrons. The molecule has 0 atom stereocenters. The van der Waals surface area contributed by atoms with Crippen molar-refractivity contribution in [2.24, 2.45) is 0 Å². The van der Waals surface area contributed by atoms with Crippen LogP contribution in [0.25, 0.3) is 0 Å². The Morgan fingerprint density at radius 3 is 2.25 bits per heavy atom. The summed E-state index contributed by atoms with van der Waals surface area (Å²) in [7, 11) is 3.57. The summed E-state index contributed by atoms with van der Waals surface area (Å²) in [6, 6.07) is 0. The fourth-order valence-corrected chi connectivity index (χ4v) is 0.328. The highest BCUT2D eigenvalue weighted by Crippen LogP contribution is 1.73. The number of carbonyl (C=O) groups is 1. The average Bonchev–Trinajstić information content (AvgIpc) is 1.65. The molecule has 8 heavy (non-hydrogen) atoms. The van der Waals surface area contributed by atoms with E-state index in [0.29, 0.717) is 6.42 Å². The van der Waals surface area contributed by atoms with Gasteiger partial charge in [-0.25, -0.2) is 5.01 Å². The molecule has 0 heterocycles. The molecule has 0 rings (SSSR count). The molecule has 48 valence electrons. The Hall–Kier alpha value is -0.570. The number of carbonyl (C=O) groups excluding carboxylic acids is 1. The summed E-state index contributed by atoms with van der Waals surface area (Å²) < 4.78 is 0. The van der Waals surface area contributed by atoms with Crippen LogP contribution in [0, 0.1) is 0 Å². The summed E-state index contributed by atoms with van der Waals surface area (Å²) >= 11 is 0. The van der Waals surface area contributed by atoms with Gasteiger partial charge in [0.05, 0.1) is 0 Å². The van der Waals surface area contributed by atoms with E-state index in [-0.39, 0.29) is 5.91 Å². The largest absolute Gasteiger partial charge is 0.289 e. The number of nitrogens with zero attached hydrogens (tertiary/aromatic N) is 1. The van der Waals surface area contributed by atoms with Crippen molar-refractivity contribution in [2.75, 3.05) is 14.1 Å². The van der Waals surface area contributed by atoms with Gasteiger partial charge in [-0.1, -0.05) is 6.92 Å². The van der Waals surface area contributed by atoms with Crippen molar-refractivity contribution in [3.63, 3.8) is 0 Å². The van der Waals surface area contributed by atoms with Crippen LogP contribution in [-0.2, 0) is 4.79 Å². The van der Waals surface area contributed by atoms with Crippen LogP contribution in [0.4, 0.5) is 0 Å². The Morgan fingerprint density at radius 2 is 2.12 bits per heavy atom. The van der Waals surface area contributed by atoms with Gasteiger partial charge in [-0.15, -0.1) is 0 Å². The van der Waals surface area contributed by atoms with Crippen molar-refractivity contribution in [1.82, 2.24) is 10.4 Å². The quantitative estimate of drug-likeness (QED) is 0.514. The van der Waals surface area contributed by atoms with E-state index < -0.39 is 0 Å². The highest BCUT2D eigenvalue weighted by Gasteiger charge is 1.93. The van der Waals surface area contributed by atoms with Gasteiger partial charge in [0.25, 0.3) is 0 Å². The summed E-state index contributed by atoms with van der Waals surface area (Å²) in [5.41, 5.74) is 2.59. The summed E-state index contributed by atoms with van der Waals surface area (Å²) in [6.45, 7) is 1.82. The van der Waals surface area contributed by atoms with Crippen molar-refractivity contribution in [3.8, 4) is 0 Å². The maximum Gasteiger partial charge on any atom is 0.233 e. The molecule has 0 unspecified atom stereocenters. The van der Waals surface area contributed by atoms with Gasteiger partial charge in [0.15, 0.2) is 0 Å². The second-order valence-electron chi connectivity index (χ2n) is 1.78. The van der Waals surface area contributed by atoms with Gasteiger partial charge in [-0.05, 0) is 0 Å². The third kappa shape index (κ3) is 3.61. The number of hydrazine groups is 1. The zero-order chi connectivity index (χ0) is 6.57. The lowest BCUT2D eigenvalue weighted by Gasteiger charge is -2.09. The van der Waals surface area contributed by atoms with Gasteiger partial charge >= 0.3 is 0 Å². The van der Waals surface area contributed by atoms with Crippen LogP contribution in [0.5, 0.6) is 0 Å². The summed E-state index contributed by atoms with van der Waals surface area (Å²) in [5, 5.41) is 1.63. The molecule has 0 aliphatic carbocycles. The maximum atomic E-state index is 10.5. The van der Waals surface area contributed by atoms with Gasteiger partial charge in [0.1, 0.15) is 0 Å². The van der Waals surface area contributed by atoms with Crippen molar-refractivity contribution in [2.45, 2.75) is 13.3 Å². The minimum Gasteiger partial charge on any atom is -0.289 e. The first-order chi connectivity index (χ1) is 3.66. The van der Waals surface area contributed by atoms with Gasteiger partial charge in [0, 0.05) is 20.5 Å². The molecule has 3 nitrogen and oxygen atoms in total. The molecule has 0 saturated carbocycles. The zero-order valence-electron chi connectivity index (χ0n) is 5.56. The fourth-order valence-electron chi connectivity index (χ4n) is 0.328. The first-order valence-corrected chi connectivity index (χ1v) is 2.63. The molecule has 1 N–H and O–H groups in total. The van der Waals surface area contributed by atoms with E-state index in [9.17, 15) is 4.79 Å². The first kappa shape index (κ1) is 7.43. The third-order valence-corrected chi connectivity index (χ3v) is 0.669. The van der Waals surface area contributed by atoms with E-state index in [1.54, 1.807) is 19.1 Å². The van der Waals surface area contributed by atoms with Gasteiger partial charge in [-0.3, -0.25) is 10.2 Å². The Bertz CT molecular complexity index is 80.5. The van der Waals surface area contributed by atoms with E-state index >= 15 is 0 Å². The van der Waals surface area contributed by atoms with Crippen LogP contribution in [0.2, 0.25) is 0 Å². The first-order valence-electron chi connectivity index (χ1n) is 2.63. The lowest BCUT2D eigenvalue weighted by atomic mass is 10.5. The van der Waals surface area contributed by atoms with E-state index in [4.69, 9.17) is 0 Å². The summed E-state index contributed by atoms with van der Waals surface area (Å²) in [5.74, 6) is 0.0509. The molecule has 3 heteroatoms. The molecule has 0 aromatic rings. The molecular weight excluding hydrogens is 104 g/mol. The van der Waals surface area contributed by atoms with Gasteiger partial charge in [-0.2, -0.15) is 0 Å². The third-order valence-electron chi connectivity index (χ3n) is 0.669. The smallest absolute Gasteiger partial charge is 0.233 e. The molecular formula is C5H12N2O. The molecule has 0 spiro atoms. The normalized spacial score (nSPS) is 9.50. The second kappa shape index (κ2) is 3.43. The lowest BCUT2D eigenvalue weighted by Crippen LogP contribution is -2.35. The molecule has 0 aliphatic rings. The van der Waals surface area contributed by atoms with Crippen molar-refractivity contribution in [3.05, 3.63) is 0 Å². The highest BCUT2D eigenvalue weighted by molar-refractivity contribution is 5.74. The van der Waals surface area contributed by atoms with Crippen LogP contribution in [-0.4, -0.2) is 25.0 Å². The monoisotopic (exact) mass is 116 g/mol. The van der Waals surface area contributed by atoms with Crippen LogP contribution < -0.4 is 5.43 Å². The topological polar surface area (TPSA) is 32.3 Å². The van der Waals surface area contributed by atoms with Crippen molar-refractivity contribution < 1.29 is 4.79 Å². The van der Waals surface area contributed by atoms with Crippen LogP contribution in [0.1, 0.15) is 13.3 Å². The van der Waals surface area contributed by atoms with E-state index in [1.807, 2.05) is 6.92 Å². The molecule has 0 saturated heterocycles. The Kier molecular flexibility index (Phi) is 3.19. The van der Waals surface area contributed by atoms with Gasteiger partial charge in [0.2, 0.25) is 5.91 Å². The Labute approximate surface area is 49.6 Å². The number of rotatable bonds is 2. The molecule has 0 aromatic carbocycles. The number of nitrogens with one attached hydrogen (secondary N) is 1. The minimum absolute atomic E-state index is 0.0509. The summed E-state index contributed by atoms with van der Waals surface area (Å²) in [4.78, 5) is 10.5. The standard InChI is InChI=1S/C5H12N2O/c1-4-5(8)6-7(2)3/h4H2,1-3H3,(H,6,8). The lowest BCUT2D eigenvalue weighted by molar-refractivity contribution is -0.124. The SMILES string of the molecule is CCC(=O)NN(C)C. The van der Waals surface area contributed by atoms with Crippen molar-refractivity contribution >= 4 is 5.91 Å². The Balaban J connectivity index is 3.25. The number of hydrogen-bond donors (Lipinski definition) is 1. The average molecular weight is 116 g/mol. The van der Waals surface area contributed by atoms with Crippen LogP contribution >= 0.6 is 0 Å². The molecule has 0 aromatic heterocycles. The predicted octanol–water partition coefficient (Wildman–Crippen LogP) is -0.0108. The Morgan fingerprint density at radius 1 is 1.62 bits per heavy atom. The zero-order valence-corrected chi connectivity index (χ0v) is 5.56. The molecule has 1 amide bonds. The highest BCUT2D eigenvalue weighted by atomic mass is 16.2.